The topological polar surface area (TPSA) is 85.3 Å². The highest BCUT2D eigenvalue weighted by molar-refractivity contribution is 7.89. The quantitative estimate of drug-likeness (QED) is 0.886. The molecule has 0 aliphatic rings. The molecule has 21 heavy (non-hydrogen) atoms. The number of sulfonamides is 1. The summed E-state index contributed by atoms with van der Waals surface area (Å²) in [5.41, 5.74) is 5.97. The molecule has 1 heterocycles. The van der Waals surface area contributed by atoms with Crippen molar-refractivity contribution in [2.75, 3.05) is 0 Å². The third-order valence-corrected chi connectivity index (χ3v) is 4.74. The van der Waals surface area contributed by atoms with Crippen molar-refractivity contribution in [2.45, 2.75) is 31.3 Å². The molecule has 0 fully saturated rings. The van der Waals surface area contributed by atoms with Crippen molar-refractivity contribution < 1.29 is 17.2 Å². The molecule has 0 spiro atoms. The average Bonchev–Trinajstić information content (AvgIpc) is 2.80. The molecule has 1 atom stereocenters. The van der Waals surface area contributed by atoms with Crippen molar-refractivity contribution in [2.24, 2.45) is 5.73 Å². The van der Waals surface area contributed by atoms with Gasteiger partial charge in [-0.05, 0) is 31.5 Å². The van der Waals surface area contributed by atoms with Gasteiger partial charge in [0.2, 0.25) is 10.0 Å². The second-order valence-electron chi connectivity index (χ2n) is 4.74. The van der Waals surface area contributed by atoms with Gasteiger partial charge in [0.1, 0.15) is 22.2 Å². The normalized spacial score (nSPS) is 13.3. The number of nitrogens with one attached hydrogen (secondary N) is 1. The Bertz CT molecular complexity index is 740. The van der Waals surface area contributed by atoms with Crippen LogP contribution in [0.3, 0.4) is 0 Å². The zero-order valence-electron chi connectivity index (χ0n) is 11.8. The number of nitrogens with two attached hydrogens (primary N) is 1. The average molecular weight is 312 g/mol. The maximum atomic E-state index is 13.2. The zero-order valence-corrected chi connectivity index (χ0v) is 12.6. The third kappa shape index (κ3) is 3.49. The second-order valence-corrected chi connectivity index (χ2v) is 6.42. The summed E-state index contributed by atoms with van der Waals surface area (Å²) in [5, 5.41) is 0. The Morgan fingerprint density at radius 1 is 1.38 bits per heavy atom. The molecule has 1 unspecified atom stereocenters. The first-order chi connectivity index (χ1) is 9.83. The molecule has 0 aliphatic heterocycles. The molecule has 1 aromatic heterocycles. The molecule has 0 aliphatic carbocycles. The van der Waals surface area contributed by atoms with Crippen molar-refractivity contribution in [3.8, 4) is 0 Å². The van der Waals surface area contributed by atoms with Crippen LogP contribution in [0.5, 0.6) is 0 Å². The molecule has 5 nitrogen and oxygen atoms in total. The molecule has 0 saturated carbocycles. The van der Waals surface area contributed by atoms with Gasteiger partial charge in [-0.25, -0.2) is 17.5 Å². The Morgan fingerprint density at radius 2 is 2.10 bits per heavy atom. The number of furan rings is 1. The van der Waals surface area contributed by atoms with Crippen molar-refractivity contribution in [3.05, 3.63) is 53.2 Å². The Morgan fingerprint density at radius 3 is 2.67 bits per heavy atom. The lowest BCUT2D eigenvalue weighted by Gasteiger charge is -2.14. The maximum absolute atomic E-state index is 13.2. The van der Waals surface area contributed by atoms with Crippen molar-refractivity contribution in [1.29, 1.82) is 0 Å². The molecule has 2 aromatic rings. The van der Waals surface area contributed by atoms with Gasteiger partial charge in [-0.1, -0.05) is 12.1 Å². The van der Waals surface area contributed by atoms with E-state index in [-0.39, 0.29) is 17.2 Å². The van der Waals surface area contributed by atoms with Crippen LogP contribution < -0.4 is 10.5 Å². The van der Waals surface area contributed by atoms with E-state index in [2.05, 4.69) is 4.72 Å². The molecule has 114 valence electrons. The number of hydrogen-bond acceptors (Lipinski definition) is 4. The lowest BCUT2D eigenvalue weighted by molar-refractivity contribution is 0.478. The predicted molar refractivity (Wildman–Crippen MR) is 76.5 cm³/mol. The molecule has 1 aromatic carbocycles. The van der Waals surface area contributed by atoms with Crippen LogP contribution in [0.4, 0.5) is 4.39 Å². The lowest BCUT2D eigenvalue weighted by Crippen LogP contribution is -2.27. The summed E-state index contributed by atoms with van der Waals surface area (Å²) in [7, 11) is -3.76. The van der Waals surface area contributed by atoms with E-state index in [4.69, 9.17) is 10.2 Å². The summed E-state index contributed by atoms with van der Waals surface area (Å²) < 4.78 is 45.6. The van der Waals surface area contributed by atoms with Gasteiger partial charge in [-0.15, -0.1) is 0 Å². The van der Waals surface area contributed by atoms with Crippen LogP contribution >= 0.6 is 0 Å². The van der Waals surface area contributed by atoms with E-state index >= 15 is 0 Å². The van der Waals surface area contributed by atoms with Crippen molar-refractivity contribution in [1.82, 2.24) is 4.72 Å². The van der Waals surface area contributed by atoms with Gasteiger partial charge in [0.25, 0.3) is 0 Å². The van der Waals surface area contributed by atoms with Gasteiger partial charge < -0.3 is 10.2 Å². The van der Waals surface area contributed by atoms with Crippen LogP contribution in [0.15, 0.2) is 39.6 Å². The Kier molecular flexibility index (Phi) is 4.46. The van der Waals surface area contributed by atoms with E-state index in [0.717, 1.165) is 0 Å². The molecule has 0 amide bonds. The molecule has 3 N–H and O–H groups in total. The fourth-order valence-electron chi connectivity index (χ4n) is 2.03. The lowest BCUT2D eigenvalue weighted by atomic mass is 10.1. The molecule has 7 heteroatoms. The van der Waals surface area contributed by atoms with Gasteiger partial charge in [0.15, 0.2) is 0 Å². The summed E-state index contributed by atoms with van der Waals surface area (Å²) in [6.07, 6.45) is 0. The molecular formula is C14H17FN2O3S. The number of benzene rings is 1. The summed E-state index contributed by atoms with van der Waals surface area (Å²) in [4.78, 5) is 0.0474. The SMILES string of the molecule is Cc1oc(CN)cc1S(=O)(=O)NC(C)c1cccc(F)c1. The first-order valence-electron chi connectivity index (χ1n) is 6.40. The zero-order chi connectivity index (χ0) is 15.6. The standard InChI is InChI=1S/C14H17FN2O3S/c1-9(11-4-3-5-12(15)6-11)17-21(18,19)14-7-13(8-16)20-10(14)2/h3-7,9,17H,8,16H2,1-2H3. The van der Waals surface area contributed by atoms with Gasteiger partial charge >= 0.3 is 0 Å². The second kappa shape index (κ2) is 5.97. The van der Waals surface area contributed by atoms with E-state index in [0.29, 0.717) is 11.3 Å². The van der Waals surface area contributed by atoms with Gasteiger partial charge in [-0.3, -0.25) is 0 Å². The van der Waals surface area contributed by atoms with Gasteiger partial charge in [0, 0.05) is 12.1 Å². The Balaban J connectivity index is 2.26. The predicted octanol–water partition coefficient (Wildman–Crippen LogP) is 2.23. The fraction of sp³-hybridized carbons (Fsp3) is 0.286. The molecule has 0 saturated heterocycles. The fourth-order valence-corrected chi connectivity index (χ4v) is 3.47. The molecular weight excluding hydrogens is 295 g/mol. The van der Waals surface area contributed by atoms with E-state index in [9.17, 15) is 12.8 Å². The molecule has 0 bridgehead atoms. The minimum absolute atomic E-state index is 0.0474. The van der Waals surface area contributed by atoms with Crippen LogP contribution in [-0.4, -0.2) is 8.42 Å². The van der Waals surface area contributed by atoms with Crippen LogP contribution in [0.25, 0.3) is 0 Å². The van der Waals surface area contributed by atoms with Crippen LogP contribution in [0.2, 0.25) is 0 Å². The highest BCUT2D eigenvalue weighted by atomic mass is 32.2. The number of rotatable bonds is 5. The Hall–Kier alpha value is -1.70. The molecule has 0 radical (unpaired) electrons. The van der Waals surface area contributed by atoms with Crippen LogP contribution in [0.1, 0.15) is 30.0 Å². The Labute approximate surface area is 123 Å². The highest BCUT2D eigenvalue weighted by Gasteiger charge is 2.23. The monoisotopic (exact) mass is 312 g/mol. The number of halogens is 1. The smallest absolute Gasteiger partial charge is 0.244 e. The summed E-state index contributed by atoms with van der Waals surface area (Å²) >= 11 is 0. The minimum Gasteiger partial charge on any atom is -0.464 e. The largest absolute Gasteiger partial charge is 0.464 e. The number of aryl methyl sites for hydroxylation is 1. The first kappa shape index (κ1) is 15.7. The van der Waals surface area contributed by atoms with Crippen LogP contribution in [-0.2, 0) is 16.6 Å². The summed E-state index contributed by atoms with van der Waals surface area (Å²) in [6.45, 7) is 3.32. The summed E-state index contributed by atoms with van der Waals surface area (Å²) in [6, 6.07) is 6.62. The molecule has 2 rings (SSSR count). The van der Waals surface area contributed by atoms with E-state index in [1.165, 1.54) is 24.3 Å². The van der Waals surface area contributed by atoms with E-state index < -0.39 is 21.9 Å². The first-order valence-corrected chi connectivity index (χ1v) is 7.89. The number of hydrogen-bond donors (Lipinski definition) is 2. The van der Waals surface area contributed by atoms with Crippen molar-refractivity contribution >= 4 is 10.0 Å². The van der Waals surface area contributed by atoms with Gasteiger partial charge in [-0.2, -0.15) is 0 Å². The van der Waals surface area contributed by atoms with Gasteiger partial charge in [0.05, 0.1) is 6.54 Å². The maximum Gasteiger partial charge on any atom is 0.244 e. The minimum atomic E-state index is -3.76. The third-order valence-electron chi connectivity index (χ3n) is 3.09. The van der Waals surface area contributed by atoms with Crippen molar-refractivity contribution in [3.63, 3.8) is 0 Å². The summed E-state index contributed by atoms with van der Waals surface area (Å²) in [5.74, 6) is 0.254. The van der Waals surface area contributed by atoms with Crippen LogP contribution in [0, 0.1) is 12.7 Å². The van der Waals surface area contributed by atoms with E-state index in [1.54, 1.807) is 19.9 Å². The van der Waals surface area contributed by atoms with E-state index in [1.807, 2.05) is 0 Å². The highest BCUT2D eigenvalue weighted by Crippen LogP contribution is 2.22.